The van der Waals surface area contributed by atoms with E-state index in [1.165, 1.54) is 0 Å². The first kappa shape index (κ1) is 34.2. The minimum absolute atomic E-state index is 0.0275. The first-order valence-electron chi connectivity index (χ1n) is 16.2. The van der Waals surface area contributed by atoms with Gasteiger partial charge in [0.05, 0.1) is 21.2 Å². The van der Waals surface area contributed by atoms with Crippen LogP contribution >= 0.6 is 23.2 Å². The van der Waals surface area contributed by atoms with Gasteiger partial charge >= 0.3 is 11.9 Å². The summed E-state index contributed by atoms with van der Waals surface area (Å²) in [4.78, 5) is 41.1. The Labute approximate surface area is 296 Å². The summed E-state index contributed by atoms with van der Waals surface area (Å²) in [5.74, 6) is -0.405. The number of rotatable bonds is 8. The maximum Gasteiger partial charge on any atom is 0.345 e. The number of halogens is 2. The molecule has 0 amide bonds. The van der Waals surface area contributed by atoms with Crippen molar-refractivity contribution in [1.82, 2.24) is 0 Å². The molecule has 0 N–H and O–H groups in total. The van der Waals surface area contributed by atoms with Crippen LogP contribution < -0.4 is 9.47 Å². The van der Waals surface area contributed by atoms with Crippen LogP contribution in [-0.4, -0.2) is 17.7 Å². The van der Waals surface area contributed by atoms with Crippen LogP contribution in [0.25, 0.3) is 0 Å². The lowest BCUT2D eigenvalue weighted by molar-refractivity contribution is 0.0723. The van der Waals surface area contributed by atoms with E-state index in [9.17, 15) is 14.4 Å². The van der Waals surface area contributed by atoms with Crippen molar-refractivity contribution in [3.05, 3.63) is 163 Å². The molecule has 1 aliphatic rings. The smallest absolute Gasteiger partial charge is 0.345 e. The van der Waals surface area contributed by atoms with Gasteiger partial charge in [0.25, 0.3) is 0 Å². The van der Waals surface area contributed by atoms with E-state index >= 15 is 0 Å². The number of aryl methyl sites for hydroxylation is 2. The summed E-state index contributed by atoms with van der Waals surface area (Å²) >= 11 is 12.6. The maximum absolute atomic E-state index is 14.6. The third-order valence-electron chi connectivity index (χ3n) is 9.27. The molecule has 0 unspecified atom stereocenters. The number of ether oxygens (including phenoxy) is 2. The molecule has 0 saturated carbocycles. The number of esters is 2. The molecule has 5 nitrogen and oxygen atoms in total. The molecule has 1 aliphatic carbocycles. The van der Waals surface area contributed by atoms with E-state index in [1.807, 2.05) is 90.1 Å². The second-order valence-electron chi connectivity index (χ2n) is 13.1. The molecule has 6 rings (SSSR count). The average molecular weight is 692 g/mol. The number of hydrogen-bond acceptors (Lipinski definition) is 5. The molecular formula is C42H36Cl2O5. The predicted octanol–water partition coefficient (Wildman–Crippen LogP) is 10.8. The number of Topliss-reactive ketones (excluding diaryl/α,β-unsaturated/α-hetero) is 1. The Morgan fingerprint density at radius 1 is 0.592 bits per heavy atom. The molecule has 7 heteroatoms. The van der Waals surface area contributed by atoms with Crippen molar-refractivity contribution in [2.75, 3.05) is 0 Å². The highest BCUT2D eigenvalue weighted by atomic mass is 35.5. The highest BCUT2D eigenvalue weighted by Gasteiger charge is 2.55. The Bertz CT molecular complexity index is 2020. The van der Waals surface area contributed by atoms with Gasteiger partial charge in [-0.25, -0.2) is 9.59 Å². The molecule has 0 saturated heterocycles. The van der Waals surface area contributed by atoms with Crippen LogP contribution in [0.1, 0.15) is 110 Å². The van der Waals surface area contributed by atoms with Gasteiger partial charge in [-0.2, -0.15) is 0 Å². The standard InChI is InChI=1S/C42H36Cl2O5/c1-23(2)30-21-33(25(5)19-37(30)48-40(46)28-14-8-11-17-35(28)43)42(32-16-10-7-13-27(32)39(42)45)34-22-31(24(3)4)38(20-26(34)6)49-41(47)29-15-9-12-18-36(29)44/h7-24H,1-6H3. The van der Waals surface area contributed by atoms with Gasteiger partial charge in [0, 0.05) is 5.56 Å². The summed E-state index contributed by atoms with van der Waals surface area (Å²) in [6.07, 6.45) is 0. The Morgan fingerprint density at radius 2 is 1.00 bits per heavy atom. The molecule has 0 radical (unpaired) electrons. The van der Waals surface area contributed by atoms with E-state index in [4.69, 9.17) is 32.7 Å². The Balaban J connectivity index is 1.53. The molecule has 0 bridgehead atoms. The lowest BCUT2D eigenvalue weighted by Gasteiger charge is -2.45. The number of hydrogen-bond donors (Lipinski definition) is 0. The van der Waals surface area contributed by atoms with Gasteiger partial charge in [-0.3, -0.25) is 4.79 Å². The highest BCUT2D eigenvalue weighted by Crippen LogP contribution is 2.54. The lowest BCUT2D eigenvalue weighted by atomic mass is 9.54. The third kappa shape index (κ3) is 5.85. The Hall–Kier alpha value is -4.71. The molecule has 5 aromatic carbocycles. The van der Waals surface area contributed by atoms with Crippen molar-refractivity contribution in [3.8, 4) is 11.5 Å². The third-order valence-corrected chi connectivity index (χ3v) is 9.93. The van der Waals surface area contributed by atoms with Gasteiger partial charge in [-0.1, -0.05) is 99.4 Å². The van der Waals surface area contributed by atoms with Crippen LogP contribution in [0.3, 0.4) is 0 Å². The van der Waals surface area contributed by atoms with E-state index in [0.717, 1.165) is 38.9 Å². The van der Waals surface area contributed by atoms with Crippen LogP contribution in [0.2, 0.25) is 10.0 Å². The second kappa shape index (κ2) is 13.3. The van der Waals surface area contributed by atoms with Gasteiger partial charge in [-0.05, 0) is 113 Å². The number of carbonyl (C=O) groups excluding carboxylic acids is 3. The number of benzene rings is 5. The summed E-state index contributed by atoms with van der Waals surface area (Å²) < 4.78 is 12.0. The monoisotopic (exact) mass is 690 g/mol. The summed E-state index contributed by atoms with van der Waals surface area (Å²) in [6, 6.07) is 28.9. The fourth-order valence-corrected chi connectivity index (χ4v) is 7.22. The fraction of sp³-hybridized carbons (Fsp3) is 0.214. The SMILES string of the molecule is Cc1cc(OC(=O)c2ccccc2Cl)c(C(C)C)cc1C1(c2cc(C(C)C)c(OC(=O)c3ccccc3Cl)cc2C)C(=O)c2ccccc21. The molecule has 5 aromatic rings. The Kier molecular flexibility index (Phi) is 9.27. The van der Waals surface area contributed by atoms with Gasteiger partial charge in [0.1, 0.15) is 16.9 Å². The minimum atomic E-state index is -1.14. The summed E-state index contributed by atoms with van der Waals surface area (Å²) in [5.41, 5.74) is 5.68. The zero-order valence-corrected chi connectivity index (χ0v) is 29.7. The van der Waals surface area contributed by atoms with Crippen molar-refractivity contribution in [1.29, 1.82) is 0 Å². The second-order valence-corrected chi connectivity index (χ2v) is 13.9. The van der Waals surface area contributed by atoms with E-state index < -0.39 is 17.4 Å². The van der Waals surface area contributed by atoms with Crippen LogP contribution in [0.15, 0.2) is 97.1 Å². The van der Waals surface area contributed by atoms with Crippen molar-refractivity contribution in [2.24, 2.45) is 0 Å². The molecule has 0 spiro atoms. The van der Waals surface area contributed by atoms with Crippen molar-refractivity contribution < 1.29 is 23.9 Å². The summed E-state index contributed by atoms with van der Waals surface area (Å²) in [7, 11) is 0. The van der Waals surface area contributed by atoms with Crippen molar-refractivity contribution in [3.63, 3.8) is 0 Å². The van der Waals surface area contributed by atoms with E-state index in [2.05, 4.69) is 0 Å². The molecule has 0 atom stereocenters. The zero-order valence-electron chi connectivity index (χ0n) is 28.2. The number of fused-ring (bicyclic) bond motifs is 1. The van der Waals surface area contributed by atoms with Crippen LogP contribution in [-0.2, 0) is 5.41 Å². The lowest BCUT2D eigenvalue weighted by Crippen LogP contribution is -2.49. The molecule has 0 aliphatic heterocycles. The number of carbonyl (C=O) groups is 3. The summed E-state index contributed by atoms with van der Waals surface area (Å²) in [5, 5.41) is 0.611. The van der Waals surface area contributed by atoms with Crippen LogP contribution in [0.4, 0.5) is 0 Å². The maximum atomic E-state index is 14.6. The molecule has 248 valence electrons. The predicted molar refractivity (Wildman–Crippen MR) is 194 cm³/mol. The average Bonchev–Trinajstić information content (AvgIpc) is 3.06. The van der Waals surface area contributed by atoms with E-state index in [0.29, 0.717) is 27.1 Å². The van der Waals surface area contributed by atoms with Crippen LogP contribution in [0, 0.1) is 13.8 Å². The van der Waals surface area contributed by atoms with Gasteiger partial charge in [0.2, 0.25) is 0 Å². The van der Waals surface area contributed by atoms with Crippen molar-refractivity contribution >= 4 is 40.9 Å². The molecule has 0 aromatic heterocycles. The topological polar surface area (TPSA) is 69.7 Å². The number of ketones is 1. The van der Waals surface area contributed by atoms with Gasteiger partial charge in [0.15, 0.2) is 5.78 Å². The minimum Gasteiger partial charge on any atom is -0.423 e. The molecule has 0 heterocycles. The summed E-state index contributed by atoms with van der Waals surface area (Å²) in [6.45, 7) is 12.0. The van der Waals surface area contributed by atoms with Gasteiger partial charge in [-0.15, -0.1) is 0 Å². The highest BCUT2D eigenvalue weighted by molar-refractivity contribution is 6.34. The van der Waals surface area contributed by atoms with E-state index in [1.54, 1.807) is 48.5 Å². The zero-order chi connectivity index (χ0) is 35.2. The largest absolute Gasteiger partial charge is 0.423 e. The first-order chi connectivity index (χ1) is 23.4. The van der Waals surface area contributed by atoms with Crippen molar-refractivity contribution in [2.45, 2.75) is 58.8 Å². The normalized spacial score (nSPS) is 13.2. The quantitative estimate of drug-likeness (QED) is 0.120. The van der Waals surface area contributed by atoms with E-state index in [-0.39, 0.29) is 28.7 Å². The molecule has 0 fully saturated rings. The molecular weight excluding hydrogens is 655 g/mol. The Morgan fingerprint density at radius 3 is 1.43 bits per heavy atom. The van der Waals surface area contributed by atoms with Crippen LogP contribution in [0.5, 0.6) is 11.5 Å². The molecule has 49 heavy (non-hydrogen) atoms. The first-order valence-corrected chi connectivity index (χ1v) is 17.0. The van der Waals surface area contributed by atoms with Gasteiger partial charge < -0.3 is 9.47 Å². The fourth-order valence-electron chi connectivity index (χ4n) is 6.80.